The van der Waals surface area contributed by atoms with E-state index in [4.69, 9.17) is 4.74 Å². The molecule has 11 heteroatoms. The highest BCUT2D eigenvalue weighted by Crippen LogP contribution is 2.29. The maximum Gasteiger partial charge on any atom is 0.417 e. The van der Waals surface area contributed by atoms with Crippen molar-refractivity contribution in [2.24, 2.45) is 0 Å². The summed E-state index contributed by atoms with van der Waals surface area (Å²) in [5, 5.41) is 2.78. The molecule has 7 nitrogen and oxygen atoms in total. The van der Waals surface area contributed by atoms with Gasteiger partial charge >= 0.3 is 6.18 Å². The molecule has 3 aromatic rings. The summed E-state index contributed by atoms with van der Waals surface area (Å²) in [6.45, 7) is 0.551. The second-order valence-electron chi connectivity index (χ2n) is 9.09. The quantitative estimate of drug-likeness (QED) is 0.443. The van der Waals surface area contributed by atoms with E-state index in [0.717, 1.165) is 35.5 Å². The number of alkyl halides is 3. The van der Waals surface area contributed by atoms with Crippen LogP contribution in [0.1, 0.15) is 31.8 Å². The van der Waals surface area contributed by atoms with Crippen LogP contribution in [0.3, 0.4) is 0 Å². The van der Waals surface area contributed by atoms with Gasteiger partial charge in [-0.1, -0.05) is 12.1 Å². The molecule has 0 atom stereocenters. The smallest absolute Gasteiger partial charge is 0.417 e. The number of likely N-dealkylation sites (tertiary alicyclic amines) is 1. The lowest BCUT2D eigenvalue weighted by Crippen LogP contribution is -2.56. The van der Waals surface area contributed by atoms with Crippen molar-refractivity contribution < 1.29 is 31.9 Å². The second-order valence-corrected chi connectivity index (χ2v) is 9.09. The van der Waals surface area contributed by atoms with E-state index in [-0.39, 0.29) is 30.1 Å². The van der Waals surface area contributed by atoms with E-state index in [1.165, 1.54) is 11.0 Å². The molecule has 0 unspecified atom stereocenters. The lowest BCUT2D eigenvalue weighted by Gasteiger charge is -2.38. The van der Waals surface area contributed by atoms with Crippen LogP contribution in [0.25, 0.3) is 0 Å². The molecule has 1 fully saturated rings. The summed E-state index contributed by atoms with van der Waals surface area (Å²) < 4.78 is 57.5. The number of anilines is 1. The van der Waals surface area contributed by atoms with Gasteiger partial charge in [0.1, 0.15) is 11.9 Å². The Labute approximate surface area is 217 Å². The fourth-order valence-electron chi connectivity index (χ4n) is 3.91. The topological polar surface area (TPSA) is 74.8 Å². The normalized spacial score (nSPS) is 13.6. The van der Waals surface area contributed by atoms with Crippen molar-refractivity contribution >= 4 is 17.5 Å². The molecule has 1 aliphatic heterocycles. The molecule has 200 valence electrons. The summed E-state index contributed by atoms with van der Waals surface area (Å²) in [5.74, 6) is -1.71. The molecule has 0 saturated carbocycles. The maximum absolute atomic E-state index is 14.0. The van der Waals surface area contributed by atoms with Crippen LogP contribution in [0.15, 0.2) is 60.8 Å². The number of benzene rings is 2. The highest BCUT2D eigenvalue weighted by atomic mass is 19.4. The van der Waals surface area contributed by atoms with Crippen molar-refractivity contribution in [1.82, 2.24) is 15.2 Å². The maximum atomic E-state index is 14.0. The first-order chi connectivity index (χ1) is 18.0. The lowest BCUT2D eigenvalue weighted by atomic mass is 10.0. The van der Waals surface area contributed by atoms with Crippen LogP contribution in [-0.4, -0.2) is 61.5 Å². The first-order valence-corrected chi connectivity index (χ1v) is 11.8. The lowest BCUT2D eigenvalue weighted by molar-refractivity contribution is -0.137. The van der Waals surface area contributed by atoms with E-state index in [1.54, 1.807) is 0 Å². The minimum atomic E-state index is -4.50. The van der Waals surface area contributed by atoms with Crippen molar-refractivity contribution in [2.45, 2.75) is 18.7 Å². The summed E-state index contributed by atoms with van der Waals surface area (Å²) in [6, 6.07) is 13.3. The Kier molecular flexibility index (Phi) is 7.84. The van der Waals surface area contributed by atoms with Gasteiger partial charge in [-0.2, -0.15) is 13.2 Å². The van der Waals surface area contributed by atoms with Gasteiger partial charge in [0.25, 0.3) is 11.8 Å². The molecule has 4 rings (SSSR count). The third kappa shape index (κ3) is 6.39. The predicted molar refractivity (Wildman–Crippen MR) is 133 cm³/mol. The van der Waals surface area contributed by atoms with Gasteiger partial charge < -0.3 is 19.9 Å². The van der Waals surface area contributed by atoms with Crippen LogP contribution >= 0.6 is 0 Å². The molecule has 0 radical (unpaired) electrons. The number of carbonyl (C=O) groups excluding carboxylic acids is 2. The van der Waals surface area contributed by atoms with Gasteiger partial charge in [0.2, 0.25) is 5.88 Å². The van der Waals surface area contributed by atoms with E-state index in [1.807, 2.05) is 43.3 Å². The Morgan fingerprint density at radius 3 is 2.37 bits per heavy atom. The average Bonchev–Trinajstić information content (AvgIpc) is 2.85. The average molecular weight is 531 g/mol. The summed E-state index contributed by atoms with van der Waals surface area (Å²) in [7, 11) is 3.89. The molecule has 0 aliphatic carbocycles. The molecule has 1 saturated heterocycles. The summed E-state index contributed by atoms with van der Waals surface area (Å²) in [5.41, 5.74) is 1.16. The van der Waals surface area contributed by atoms with E-state index >= 15 is 0 Å². The van der Waals surface area contributed by atoms with Gasteiger partial charge in [-0.15, -0.1) is 0 Å². The second kappa shape index (κ2) is 11.1. The minimum Gasteiger partial charge on any atom is -0.471 e. The van der Waals surface area contributed by atoms with Crippen molar-refractivity contribution in [2.75, 3.05) is 38.6 Å². The standard InChI is InChI=1S/C27H26F4N4O3/c1-34(2)20-7-3-17(4-8-20)11-12-32-25(36)22-9-6-19(28)13-23(22)26(37)35-15-21(16-35)38-24-10-5-18(14-33-24)27(29,30)31/h3-10,13-14,21H,11-12,15-16H2,1-2H3,(H,32,36). The van der Waals surface area contributed by atoms with Gasteiger partial charge in [0.15, 0.2) is 0 Å². The highest BCUT2D eigenvalue weighted by Gasteiger charge is 2.35. The Bertz CT molecular complexity index is 1290. The number of halogens is 4. The summed E-state index contributed by atoms with van der Waals surface area (Å²) in [4.78, 5) is 32.8. The van der Waals surface area contributed by atoms with Crippen LogP contribution in [-0.2, 0) is 12.6 Å². The van der Waals surface area contributed by atoms with Gasteiger partial charge in [-0.3, -0.25) is 9.59 Å². The van der Waals surface area contributed by atoms with Gasteiger partial charge in [0.05, 0.1) is 29.8 Å². The van der Waals surface area contributed by atoms with E-state index in [9.17, 15) is 27.2 Å². The first-order valence-electron chi connectivity index (χ1n) is 11.8. The number of nitrogens with zero attached hydrogens (tertiary/aromatic N) is 3. The fourth-order valence-corrected chi connectivity index (χ4v) is 3.91. The number of rotatable bonds is 8. The summed E-state index contributed by atoms with van der Waals surface area (Å²) >= 11 is 0. The van der Waals surface area contributed by atoms with Crippen LogP contribution in [0.5, 0.6) is 5.88 Å². The molecule has 2 heterocycles. The van der Waals surface area contributed by atoms with E-state index in [2.05, 4.69) is 10.3 Å². The monoisotopic (exact) mass is 530 g/mol. The van der Waals surface area contributed by atoms with Crippen molar-refractivity contribution in [3.05, 3.63) is 88.9 Å². The molecule has 0 spiro atoms. The predicted octanol–water partition coefficient (Wildman–Crippen LogP) is 4.18. The minimum absolute atomic E-state index is 0.00252. The zero-order valence-electron chi connectivity index (χ0n) is 20.8. The van der Waals surface area contributed by atoms with E-state index in [0.29, 0.717) is 19.2 Å². The van der Waals surface area contributed by atoms with Crippen LogP contribution < -0.4 is 15.0 Å². The SMILES string of the molecule is CN(C)c1ccc(CCNC(=O)c2ccc(F)cc2C(=O)N2CC(Oc3ccc(C(F)(F)F)cn3)C2)cc1. The number of hydrogen-bond donors (Lipinski definition) is 1. The van der Waals surface area contributed by atoms with E-state index < -0.39 is 35.5 Å². The number of hydrogen-bond acceptors (Lipinski definition) is 5. The molecule has 2 aromatic carbocycles. The van der Waals surface area contributed by atoms with Crippen molar-refractivity contribution in [3.63, 3.8) is 0 Å². The number of aromatic nitrogens is 1. The number of pyridine rings is 1. The summed E-state index contributed by atoms with van der Waals surface area (Å²) in [6.07, 6.45) is -3.74. The molecular weight excluding hydrogens is 504 g/mol. The molecule has 2 amide bonds. The molecule has 0 bridgehead atoms. The zero-order chi connectivity index (χ0) is 27.4. The van der Waals surface area contributed by atoms with Crippen molar-refractivity contribution in [1.29, 1.82) is 0 Å². The number of ether oxygens (including phenoxy) is 1. The fraction of sp³-hybridized carbons (Fsp3) is 0.296. The molecule has 1 aromatic heterocycles. The van der Waals surface area contributed by atoms with Gasteiger partial charge in [-0.05, 0) is 48.4 Å². The van der Waals surface area contributed by atoms with Gasteiger partial charge in [0, 0.05) is 38.6 Å². The Balaban J connectivity index is 1.33. The first kappa shape index (κ1) is 26.9. The number of amides is 2. The number of carbonyl (C=O) groups is 2. The molecule has 38 heavy (non-hydrogen) atoms. The third-order valence-corrected chi connectivity index (χ3v) is 6.09. The van der Waals surface area contributed by atoms with Gasteiger partial charge in [-0.25, -0.2) is 9.37 Å². The highest BCUT2D eigenvalue weighted by molar-refractivity contribution is 6.07. The third-order valence-electron chi connectivity index (χ3n) is 6.09. The van der Waals surface area contributed by atoms with Crippen LogP contribution in [0, 0.1) is 5.82 Å². The largest absolute Gasteiger partial charge is 0.471 e. The molecule has 1 N–H and O–H groups in total. The Hall–Kier alpha value is -4.15. The Morgan fingerprint density at radius 1 is 1.05 bits per heavy atom. The molecular formula is C27H26F4N4O3. The zero-order valence-corrected chi connectivity index (χ0v) is 20.8. The molecule has 1 aliphatic rings. The van der Waals surface area contributed by atoms with Crippen LogP contribution in [0.4, 0.5) is 23.2 Å². The number of nitrogens with one attached hydrogen (secondary N) is 1. The van der Waals surface area contributed by atoms with Crippen LogP contribution in [0.2, 0.25) is 0 Å². The van der Waals surface area contributed by atoms with Crippen molar-refractivity contribution in [3.8, 4) is 5.88 Å². The Morgan fingerprint density at radius 2 is 1.76 bits per heavy atom.